The van der Waals surface area contributed by atoms with Gasteiger partial charge in [0.05, 0.1) is 13.2 Å². The Kier molecular flexibility index (Phi) is 4.40. The number of benzene rings is 1. The highest BCUT2D eigenvalue weighted by atomic mass is 16.5. The fraction of sp³-hybridized carbons (Fsp3) is 0.571. The molecule has 1 aromatic carbocycles. The average Bonchev–Trinajstić information content (AvgIpc) is 2.37. The Morgan fingerprint density at radius 1 is 1.29 bits per heavy atom. The third-order valence-corrected chi connectivity index (χ3v) is 3.28. The normalized spacial score (nSPS) is 16.2. The van der Waals surface area contributed by atoms with E-state index in [-0.39, 0.29) is 0 Å². The first-order valence-electron chi connectivity index (χ1n) is 6.43. The van der Waals surface area contributed by atoms with E-state index in [2.05, 4.69) is 30.0 Å². The maximum Gasteiger partial charge on any atom is 0.0642 e. The molecule has 1 aliphatic rings. The van der Waals surface area contributed by atoms with E-state index in [1.807, 2.05) is 0 Å². The van der Waals surface area contributed by atoms with Crippen LogP contribution < -0.4 is 10.6 Å². The van der Waals surface area contributed by atoms with Crippen LogP contribution in [0.2, 0.25) is 0 Å². The first-order chi connectivity index (χ1) is 8.31. The zero-order valence-electron chi connectivity index (χ0n) is 10.6. The summed E-state index contributed by atoms with van der Waals surface area (Å²) < 4.78 is 5.38. The molecule has 0 radical (unpaired) electrons. The fourth-order valence-corrected chi connectivity index (χ4v) is 2.34. The van der Waals surface area contributed by atoms with Crippen molar-refractivity contribution in [2.75, 3.05) is 37.7 Å². The lowest BCUT2D eigenvalue weighted by atomic mass is 10.0. The van der Waals surface area contributed by atoms with Crippen molar-refractivity contribution < 1.29 is 4.74 Å². The summed E-state index contributed by atoms with van der Waals surface area (Å²) in [5, 5.41) is 0. The minimum Gasteiger partial charge on any atom is -0.378 e. The maximum absolute atomic E-state index is 5.54. The largest absolute Gasteiger partial charge is 0.378 e. The minimum absolute atomic E-state index is 0.768. The molecule has 3 nitrogen and oxygen atoms in total. The summed E-state index contributed by atoms with van der Waals surface area (Å²) in [4.78, 5) is 2.41. The van der Waals surface area contributed by atoms with Gasteiger partial charge in [0.15, 0.2) is 0 Å². The summed E-state index contributed by atoms with van der Waals surface area (Å²) in [6, 6.07) is 6.76. The van der Waals surface area contributed by atoms with Gasteiger partial charge in [-0.25, -0.2) is 0 Å². The molecule has 1 fully saturated rings. The zero-order chi connectivity index (χ0) is 12.1. The molecule has 1 aromatic rings. The molecule has 0 atom stereocenters. The van der Waals surface area contributed by atoms with Crippen molar-refractivity contribution >= 4 is 5.69 Å². The van der Waals surface area contributed by atoms with Crippen molar-refractivity contribution in [3.63, 3.8) is 0 Å². The van der Waals surface area contributed by atoms with E-state index in [0.29, 0.717) is 0 Å². The van der Waals surface area contributed by atoms with Crippen LogP contribution in [0.5, 0.6) is 0 Å². The number of rotatable bonds is 4. The molecule has 1 aliphatic heterocycles. The minimum atomic E-state index is 0.768. The molecule has 1 heterocycles. The highest BCUT2D eigenvalue weighted by molar-refractivity contribution is 5.54. The van der Waals surface area contributed by atoms with Crippen molar-refractivity contribution in [2.24, 2.45) is 5.73 Å². The number of anilines is 1. The molecule has 2 rings (SSSR count). The lowest BCUT2D eigenvalue weighted by Gasteiger charge is -2.30. The lowest BCUT2D eigenvalue weighted by molar-refractivity contribution is 0.122. The summed E-state index contributed by atoms with van der Waals surface area (Å²) >= 11 is 0. The predicted octanol–water partition coefficient (Wildman–Crippen LogP) is 1.72. The SMILES string of the molecule is Cc1cc(CCCN)ccc1N1CCOCC1. The molecular weight excluding hydrogens is 212 g/mol. The average molecular weight is 234 g/mol. The van der Waals surface area contributed by atoms with Crippen molar-refractivity contribution in [1.29, 1.82) is 0 Å². The highest BCUT2D eigenvalue weighted by Gasteiger charge is 2.13. The molecule has 0 aliphatic carbocycles. The molecule has 2 N–H and O–H groups in total. The van der Waals surface area contributed by atoms with E-state index in [1.54, 1.807) is 0 Å². The molecule has 94 valence electrons. The molecule has 1 saturated heterocycles. The number of nitrogens with zero attached hydrogens (tertiary/aromatic N) is 1. The molecule has 17 heavy (non-hydrogen) atoms. The Morgan fingerprint density at radius 2 is 2.06 bits per heavy atom. The number of aryl methyl sites for hydroxylation is 2. The van der Waals surface area contributed by atoms with Crippen LogP contribution in [-0.2, 0) is 11.2 Å². The summed E-state index contributed by atoms with van der Waals surface area (Å²) in [6.45, 7) is 6.65. The van der Waals surface area contributed by atoms with E-state index in [4.69, 9.17) is 10.5 Å². The lowest BCUT2D eigenvalue weighted by Crippen LogP contribution is -2.36. The molecule has 0 unspecified atom stereocenters. The van der Waals surface area contributed by atoms with Gasteiger partial charge in [-0.05, 0) is 43.5 Å². The van der Waals surface area contributed by atoms with Crippen LogP contribution in [0.25, 0.3) is 0 Å². The van der Waals surface area contributed by atoms with Crippen LogP contribution in [0, 0.1) is 6.92 Å². The van der Waals surface area contributed by atoms with E-state index in [0.717, 1.165) is 45.7 Å². The number of nitrogens with two attached hydrogens (primary N) is 1. The van der Waals surface area contributed by atoms with Crippen LogP contribution in [0.15, 0.2) is 18.2 Å². The molecule has 0 aromatic heterocycles. The maximum atomic E-state index is 5.54. The number of hydrogen-bond acceptors (Lipinski definition) is 3. The quantitative estimate of drug-likeness (QED) is 0.862. The van der Waals surface area contributed by atoms with Gasteiger partial charge in [-0.2, -0.15) is 0 Å². The van der Waals surface area contributed by atoms with Crippen molar-refractivity contribution in [3.05, 3.63) is 29.3 Å². The summed E-state index contributed by atoms with van der Waals surface area (Å²) in [5.74, 6) is 0. The van der Waals surface area contributed by atoms with E-state index in [9.17, 15) is 0 Å². The van der Waals surface area contributed by atoms with Gasteiger partial charge in [0.1, 0.15) is 0 Å². The molecule has 0 saturated carbocycles. The number of morpholine rings is 1. The molecule has 3 heteroatoms. The third-order valence-electron chi connectivity index (χ3n) is 3.28. The Morgan fingerprint density at radius 3 is 2.71 bits per heavy atom. The van der Waals surface area contributed by atoms with Crippen LogP contribution in [0.4, 0.5) is 5.69 Å². The highest BCUT2D eigenvalue weighted by Crippen LogP contribution is 2.22. The molecule has 0 bridgehead atoms. The van der Waals surface area contributed by atoms with Gasteiger partial charge in [-0.1, -0.05) is 12.1 Å². The standard InChI is InChI=1S/C14H22N2O/c1-12-11-13(3-2-6-15)4-5-14(12)16-7-9-17-10-8-16/h4-5,11H,2-3,6-10,15H2,1H3. The second kappa shape index (κ2) is 6.03. The van der Waals surface area contributed by atoms with Gasteiger partial charge in [-0.3, -0.25) is 0 Å². The van der Waals surface area contributed by atoms with Crippen molar-refractivity contribution in [3.8, 4) is 0 Å². The fourth-order valence-electron chi connectivity index (χ4n) is 2.34. The predicted molar refractivity (Wildman–Crippen MR) is 71.6 cm³/mol. The Labute approximate surface area is 104 Å². The van der Waals surface area contributed by atoms with Gasteiger partial charge in [0, 0.05) is 18.8 Å². The summed E-state index contributed by atoms with van der Waals surface area (Å²) in [5.41, 5.74) is 9.65. The van der Waals surface area contributed by atoms with Crippen LogP contribution in [0.3, 0.4) is 0 Å². The van der Waals surface area contributed by atoms with E-state index >= 15 is 0 Å². The Balaban J connectivity index is 2.07. The van der Waals surface area contributed by atoms with Gasteiger partial charge in [0.2, 0.25) is 0 Å². The second-order valence-corrected chi connectivity index (χ2v) is 4.61. The summed E-state index contributed by atoms with van der Waals surface area (Å²) in [7, 11) is 0. The van der Waals surface area contributed by atoms with Crippen molar-refractivity contribution in [2.45, 2.75) is 19.8 Å². The van der Waals surface area contributed by atoms with Crippen LogP contribution in [-0.4, -0.2) is 32.8 Å². The molecule has 0 spiro atoms. The number of ether oxygens (including phenoxy) is 1. The first kappa shape index (κ1) is 12.4. The van der Waals surface area contributed by atoms with Gasteiger partial charge in [-0.15, -0.1) is 0 Å². The molecular formula is C14H22N2O. The third kappa shape index (κ3) is 3.20. The summed E-state index contributed by atoms with van der Waals surface area (Å²) in [6.07, 6.45) is 2.15. The van der Waals surface area contributed by atoms with Crippen LogP contribution in [0.1, 0.15) is 17.5 Å². The zero-order valence-corrected chi connectivity index (χ0v) is 10.6. The smallest absolute Gasteiger partial charge is 0.0642 e. The van der Waals surface area contributed by atoms with Crippen LogP contribution >= 0.6 is 0 Å². The first-order valence-corrected chi connectivity index (χ1v) is 6.43. The van der Waals surface area contributed by atoms with Crippen molar-refractivity contribution in [1.82, 2.24) is 0 Å². The second-order valence-electron chi connectivity index (χ2n) is 4.61. The van der Waals surface area contributed by atoms with E-state index in [1.165, 1.54) is 16.8 Å². The van der Waals surface area contributed by atoms with Gasteiger partial charge < -0.3 is 15.4 Å². The van der Waals surface area contributed by atoms with Gasteiger partial charge in [0.25, 0.3) is 0 Å². The van der Waals surface area contributed by atoms with Gasteiger partial charge >= 0.3 is 0 Å². The Bertz CT molecular complexity index is 359. The topological polar surface area (TPSA) is 38.5 Å². The Hall–Kier alpha value is -1.06. The number of hydrogen-bond donors (Lipinski definition) is 1. The van der Waals surface area contributed by atoms with E-state index < -0.39 is 0 Å². The monoisotopic (exact) mass is 234 g/mol. The molecule has 0 amide bonds.